The van der Waals surface area contributed by atoms with Gasteiger partial charge in [0.15, 0.2) is 23.9 Å². The topological polar surface area (TPSA) is 120 Å². The highest BCUT2D eigenvalue weighted by Gasteiger charge is 2.21. The maximum absolute atomic E-state index is 12.3. The fourth-order valence-corrected chi connectivity index (χ4v) is 4.01. The molecule has 2 N–H and O–H groups in total. The number of aromatic nitrogens is 4. The molecule has 0 saturated carbocycles. The Morgan fingerprint density at radius 2 is 2.00 bits per heavy atom. The van der Waals surface area contributed by atoms with Crippen LogP contribution < -0.4 is 20.1 Å². The molecule has 0 atom stereocenters. The Labute approximate surface area is 211 Å². The van der Waals surface area contributed by atoms with Gasteiger partial charge in [-0.3, -0.25) is 14.3 Å². The van der Waals surface area contributed by atoms with Crippen molar-refractivity contribution < 1.29 is 19.1 Å². The molecular weight excluding hydrogens is 484 g/mol. The average molecular weight is 505 g/mol. The first-order valence-electron chi connectivity index (χ1n) is 11.1. The summed E-state index contributed by atoms with van der Waals surface area (Å²) in [7, 11) is 1.48. The van der Waals surface area contributed by atoms with Gasteiger partial charge in [0.25, 0.3) is 11.8 Å². The lowest BCUT2D eigenvalue weighted by atomic mass is 10.1. The highest BCUT2D eigenvalue weighted by molar-refractivity contribution is 6.32. The first-order chi connectivity index (χ1) is 17.5. The molecule has 4 aromatic rings. The molecule has 0 bridgehead atoms. The van der Waals surface area contributed by atoms with Crippen LogP contribution in [0.1, 0.15) is 10.5 Å². The van der Waals surface area contributed by atoms with Gasteiger partial charge in [-0.1, -0.05) is 29.8 Å². The van der Waals surface area contributed by atoms with Crippen LogP contribution in [0.5, 0.6) is 11.5 Å². The second-order valence-corrected chi connectivity index (χ2v) is 8.26. The van der Waals surface area contributed by atoms with Crippen LogP contribution in [0.2, 0.25) is 5.02 Å². The summed E-state index contributed by atoms with van der Waals surface area (Å²) in [4.78, 5) is 33.3. The molecule has 5 rings (SSSR count). The predicted molar refractivity (Wildman–Crippen MR) is 133 cm³/mol. The van der Waals surface area contributed by atoms with E-state index in [1.54, 1.807) is 47.3 Å². The maximum atomic E-state index is 12.3. The third kappa shape index (κ3) is 4.84. The number of halogens is 1. The Bertz CT molecular complexity index is 1440. The van der Waals surface area contributed by atoms with Gasteiger partial charge < -0.3 is 20.1 Å². The molecular formula is C25H21ClN6O4. The molecule has 0 aliphatic carbocycles. The van der Waals surface area contributed by atoms with Crippen LogP contribution in [-0.4, -0.2) is 51.8 Å². The molecule has 36 heavy (non-hydrogen) atoms. The summed E-state index contributed by atoms with van der Waals surface area (Å²) in [6.45, 7) is 0.869. The minimum absolute atomic E-state index is 0.168. The Morgan fingerprint density at radius 3 is 2.78 bits per heavy atom. The number of carbonyl (C=O) groups is 2. The van der Waals surface area contributed by atoms with E-state index < -0.39 is 0 Å². The molecule has 0 fully saturated rings. The summed E-state index contributed by atoms with van der Waals surface area (Å²) in [5.74, 6) is 0.439. The Morgan fingerprint density at radius 1 is 1.17 bits per heavy atom. The van der Waals surface area contributed by atoms with Gasteiger partial charge in [-0.2, -0.15) is 5.10 Å². The Hall–Kier alpha value is -4.44. The predicted octanol–water partition coefficient (Wildman–Crippen LogP) is 3.43. The number of carbonyl (C=O) groups excluding carboxylic acids is 2. The molecule has 10 nitrogen and oxygen atoms in total. The molecule has 1 aliphatic rings. The number of rotatable bonds is 7. The summed E-state index contributed by atoms with van der Waals surface area (Å²) in [5.41, 5.74) is 2.85. The van der Waals surface area contributed by atoms with Crippen molar-refractivity contribution in [3.8, 4) is 34.3 Å². The highest BCUT2D eigenvalue weighted by atomic mass is 35.5. The normalized spacial score (nSPS) is 12.4. The molecule has 11 heteroatoms. The second-order valence-electron chi connectivity index (χ2n) is 7.85. The molecule has 2 aromatic heterocycles. The van der Waals surface area contributed by atoms with Gasteiger partial charge in [-0.05, 0) is 36.4 Å². The van der Waals surface area contributed by atoms with E-state index >= 15 is 0 Å². The van der Waals surface area contributed by atoms with E-state index in [0.29, 0.717) is 53.0 Å². The number of fused-ring (bicyclic) bond motifs is 1. The van der Waals surface area contributed by atoms with Crippen molar-refractivity contribution in [3.63, 3.8) is 0 Å². The van der Waals surface area contributed by atoms with Gasteiger partial charge in [0, 0.05) is 24.0 Å². The number of benzene rings is 2. The van der Waals surface area contributed by atoms with Crippen molar-refractivity contribution in [2.24, 2.45) is 0 Å². The lowest BCUT2D eigenvalue weighted by Crippen LogP contribution is -2.35. The van der Waals surface area contributed by atoms with E-state index in [-0.39, 0.29) is 29.2 Å². The van der Waals surface area contributed by atoms with Gasteiger partial charge in [-0.15, -0.1) is 0 Å². The van der Waals surface area contributed by atoms with E-state index in [1.807, 2.05) is 18.2 Å². The van der Waals surface area contributed by atoms with Gasteiger partial charge >= 0.3 is 0 Å². The van der Waals surface area contributed by atoms with Crippen molar-refractivity contribution in [2.75, 3.05) is 25.6 Å². The molecule has 2 amide bonds. The standard InChI is InChI=1S/C25H21ClN6O4/c1-35-21-12-15(11-17(26)23(21)36-14-22(33)29-16-5-3-2-4-6-16)24-27-8-7-18(30-24)19-13-20-25(34)28-9-10-32(20)31-19/h2-8,11-13H,9-10,14H2,1H3,(H,28,34)(H,29,33). The number of anilines is 1. The fraction of sp³-hybridized carbons (Fsp3) is 0.160. The SMILES string of the molecule is COc1cc(-c2nccc(-c3cc4n(n3)CCNC4=O)n2)cc(Cl)c1OCC(=O)Nc1ccccc1. The quantitative estimate of drug-likeness (QED) is 0.395. The summed E-state index contributed by atoms with van der Waals surface area (Å²) in [5, 5.41) is 10.3. The van der Waals surface area contributed by atoms with E-state index in [1.165, 1.54) is 7.11 Å². The van der Waals surface area contributed by atoms with Crippen molar-refractivity contribution >= 4 is 29.1 Å². The molecule has 3 heterocycles. The number of amides is 2. The minimum atomic E-state index is -0.337. The summed E-state index contributed by atoms with van der Waals surface area (Å²) < 4.78 is 12.8. The van der Waals surface area contributed by atoms with Gasteiger partial charge in [0.1, 0.15) is 11.4 Å². The molecule has 2 aromatic carbocycles. The largest absolute Gasteiger partial charge is 0.493 e. The number of hydrogen-bond acceptors (Lipinski definition) is 7. The molecule has 0 radical (unpaired) electrons. The molecule has 0 saturated heterocycles. The van der Waals surface area contributed by atoms with Gasteiger partial charge in [-0.25, -0.2) is 9.97 Å². The first kappa shape index (κ1) is 23.3. The van der Waals surface area contributed by atoms with Crippen LogP contribution >= 0.6 is 11.6 Å². The molecule has 182 valence electrons. The lowest BCUT2D eigenvalue weighted by Gasteiger charge is -2.14. The van der Waals surface area contributed by atoms with Crippen LogP contribution in [0, 0.1) is 0 Å². The van der Waals surface area contributed by atoms with Crippen LogP contribution in [0.25, 0.3) is 22.8 Å². The fourth-order valence-electron chi connectivity index (χ4n) is 3.75. The Balaban J connectivity index is 1.37. The van der Waals surface area contributed by atoms with E-state index in [9.17, 15) is 9.59 Å². The van der Waals surface area contributed by atoms with Crippen molar-refractivity contribution in [3.05, 3.63) is 71.5 Å². The highest BCUT2D eigenvalue weighted by Crippen LogP contribution is 2.39. The first-order valence-corrected chi connectivity index (χ1v) is 11.4. The van der Waals surface area contributed by atoms with Crippen molar-refractivity contribution in [1.82, 2.24) is 25.1 Å². The van der Waals surface area contributed by atoms with Crippen LogP contribution in [-0.2, 0) is 11.3 Å². The van der Waals surface area contributed by atoms with Crippen LogP contribution in [0.15, 0.2) is 60.8 Å². The number of hydrogen-bond donors (Lipinski definition) is 2. The number of methoxy groups -OCH3 is 1. The lowest BCUT2D eigenvalue weighted by molar-refractivity contribution is -0.118. The minimum Gasteiger partial charge on any atom is -0.493 e. The van der Waals surface area contributed by atoms with Gasteiger partial charge in [0.2, 0.25) is 0 Å². The zero-order valence-corrected chi connectivity index (χ0v) is 20.0. The molecule has 1 aliphatic heterocycles. The summed E-state index contributed by atoms with van der Waals surface area (Å²) >= 11 is 6.50. The smallest absolute Gasteiger partial charge is 0.269 e. The van der Waals surface area contributed by atoms with Crippen LogP contribution in [0.3, 0.4) is 0 Å². The third-order valence-corrected chi connectivity index (χ3v) is 5.71. The van der Waals surface area contributed by atoms with E-state index in [4.69, 9.17) is 21.1 Å². The van der Waals surface area contributed by atoms with Crippen LogP contribution in [0.4, 0.5) is 5.69 Å². The van der Waals surface area contributed by atoms with Gasteiger partial charge in [0.05, 0.1) is 24.4 Å². The van der Waals surface area contributed by atoms with Crippen molar-refractivity contribution in [1.29, 1.82) is 0 Å². The zero-order valence-electron chi connectivity index (χ0n) is 19.2. The molecule has 0 unspecified atom stereocenters. The monoisotopic (exact) mass is 504 g/mol. The summed E-state index contributed by atoms with van der Waals surface area (Å²) in [6, 6.07) is 15.8. The summed E-state index contributed by atoms with van der Waals surface area (Å²) in [6.07, 6.45) is 1.61. The number of para-hydroxylation sites is 1. The molecule has 0 spiro atoms. The average Bonchev–Trinajstić information content (AvgIpc) is 3.34. The number of ether oxygens (including phenoxy) is 2. The maximum Gasteiger partial charge on any atom is 0.269 e. The zero-order chi connectivity index (χ0) is 25.1. The number of nitrogens with one attached hydrogen (secondary N) is 2. The van der Waals surface area contributed by atoms with E-state index in [0.717, 1.165) is 0 Å². The number of nitrogens with zero attached hydrogens (tertiary/aromatic N) is 4. The Kier molecular flexibility index (Phi) is 6.50. The second kappa shape index (κ2) is 10.0. The van der Waals surface area contributed by atoms with E-state index in [2.05, 4.69) is 25.7 Å². The third-order valence-electron chi connectivity index (χ3n) is 5.43. The van der Waals surface area contributed by atoms with Crippen molar-refractivity contribution in [2.45, 2.75) is 6.54 Å².